The van der Waals surface area contributed by atoms with E-state index in [1.54, 1.807) is 0 Å². The fourth-order valence-corrected chi connectivity index (χ4v) is 0.300. The van der Waals surface area contributed by atoms with Crippen LogP contribution in [-0.2, 0) is 0 Å². The Kier molecular flexibility index (Phi) is 25.3. The molecule has 0 aromatic carbocycles. The second kappa shape index (κ2) is 14.3. The Hall–Kier alpha value is -0.240. The van der Waals surface area contributed by atoms with Crippen LogP contribution in [0.1, 0.15) is 0 Å². The maximum atomic E-state index is 8.39. The predicted molar refractivity (Wildman–Crippen MR) is 48.7 cm³/mol. The number of likely N-dealkylation sites (N-methyl/N-ethyl adjacent to an activating group) is 1. The molecule has 13 heavy (non-hydrogen) atoms. The van der Waals surface area contributed by atoms with Crippen LogP contribution in [0.3, 0.4) is 0 Å². The first-order valence-electron chi connectivity index (χ1n) is 3.79. The summed E-state index contributed by atoms with van der Waals surface area (Å²) in [6, 6.07) is 0. The molecule has 0 spiro atoms. The molecule has 0 aliphatic carbocycles. The van der Waals surface area contributed by atoms with Crippen molar-refractivity contribution in [3.05, 3.63) is 0 Å². The van der Waals surface area contributed by atoms with E-state index in [0.717, 1.165) is 11.0 Å². The Morgan fingerprint density at radius 2 is 1.31 bits per heavy atom. The Morgan fingerprint density at radius 1 is 1.00 bits per heavy atom. The van der Waals surface area contributed by atoms with Gasteiger partial charge in [0.25, 0.3) is 0 Å². The first-order valence-corrected chi connectivity index (χ1v) is 3.79. The summed E-state index contributed by atoms with van der Waals surface area (Å²) in [7, 11) is 6.16. The fraction of sp³-hybridized carbons (Fsp3) is 1.00. The molecule has 0 unspecified atom stereocenters. The minimum atomic E-state index is 0. The van der Waals surface area contributed by atoms with Gasteiger partial charge in [-0.2, -0.15) is 0 Å². The summed E-state index contributed by atoms with van der Waals surface area (Å²) in [4.78, 5) is 0. The molecule has 7 N–H and O–H groups in total. The lowest BCUT2D eigenvalue weighted by Gasteiger charge is -2.21. The topological polar surface area (TPSA) is 128 Å². The lowest BCUT2D eigenvalue weighted by Crippen LogP contribution is -2.51. The fourth-order valence-electron chi connectivity index (χ4n) is 0.300. The monoisotopic (exact) mass is 200 g/mol. The molecule has 86 valence electrons. The Balaban J connectivity index is -0.0000000600. The third kappa shape index (κ3) is 49.4. The number of quaternary nitrogens is 2. The first-order chi connectivity index (χ1) is 4.97. The summed E-state index contributed by atoms with van der Waals surface area (Å²) in [5.74, 6) is 0. The minimum absolute atomic E-state index is 0. The normalized spacial score (nSPS) is 8.77. The van der Waals surface area contributed by atoms with Gasteiger partial charge in [-0.15, -0.1) is 0 Å². The molecule has 0 saturated carbocycles. The molecule has 0 aromatic rings. The van der Waals surface area contributed by atoms with Crippen molar-refractivity contribution in [2.24, 2.45) is 0 Å². The van der Waals surface area contributed by atoms with E-state index in [0.29, 0.717) is 6.54 Å². The van der Waals surface area contributed by atoms with Gasteiger partial charge < -0.3 is 31.4 Å². The minimum Gasteiger partial charge on any atom is -0.870 e. The summed E-state index contributed by atoms with van der Waals surface area (Å²) in [6.07, 6.45) is 0. The average Bonchev–Trinajstić information content (AvgIpc) is 1.86. The van der Waals surface area contributed by atoms with Gasteiger partial charge in [0.05, 0.1) is 40.9 Å². The van der Waals surface area contributed by atoms with E-state index in [1.165, 1.54) is 0 Å². The molecule has 6 nitrogen and oxygen atoms in total. The Labute approximate surface area is 79.8 Å². The summed E-state index contributed by atoms with van der Waals surface area (Å²) in [5, 5.41) is 16.2. The molecule has 0 aromatic heterocycles. The zero-order valence-corrected chi connectivity index (χ0v) is 8.77. The van der Waals surface area contributed by atoms with Crippen LogP contribution < -0.4 is 5.73 Å². The van der Waals surface area contributed by atoms with Crippen LogP contribution in [0.5, 0.6) is 0 Å². The maximum Gasteiger partial charge on any atom is 0.101 e. The van der Waals surface area contributed by atoms with Crippen LogP contribution in [0, 0.1) is 0 Å². The van der Waals surface area contributed by atoms with Crippen molar-refractivity contribution < 1.29 is 31.4 Å². The summed E-state index contributed by atoms with van der Waals surface area (Å²) < 4.78 is 0.844. The van der Waals surface area contributed by atoms with Crippen molar-refractivity contribution in [3.8, 4) is 0 Å². The van der Waals surface area contributed by atoms with E-state index in [4.69, 9.17) is 10.2 Å². The molecule has 0 fully saturated rings. The molecular weight excluding hydrogens is 176 g/mol. The molecule has 0 rings (SSSR count). The van der Waals surface area contributed by atoms with Gasteiger partial charge in [-0.3, -0.25) is 0 Å². The van der Waals surface area contributed by atoms with E-state index < -0.39 is 0 Å². The van der Waals surface area contributed by atoms with Gasteiger partial charge >= 0.3 is 0 Å². The summed E-state index contributed by atoms with van der Waals surface area (Å²) in [6.45, 7) is 1.95. The van der Waals surface area contributed by atoms with Gasteiger partial charge in [-0.1, -0.05) is 0 Å². The standard InChI is InChI=1S/C5H14NO.C2H7NO.2H2O/c1-6(2,3)4-5-7;3-1-2-4;;/h7H,4-5H2,1-3H3;4H,1-3H2;2*1H2/q+1;;;/p-1. The van der Waals surface area contributed by atoms with Gasteiger partial charge in [0.1, 0.15) is 6.54 Å². The lowest BCUT2D eigenvalue weighted by atomic mass is 10.5. The van der Waals surface area contributed by atoms with E-state index in [9.17, 15) is 0 Å². The summed E-state index contributed by atoms with van der Waals surface area (Å²) >= 11 is 0. The zero-order chi connectivity index (χ0) is 9.33. The molecule has 0 atom stereocenters. The molecule has 0 saturated heterocycles. The highest BCUT2D eigenvalue weighted by Crippen LogP contribution is 1.84. The van der Waals surface area contributed by atoms with Gasteiger partial charge in [-0.05, 0) is 0 Å². The molecule has 0 bridgehead atoms. The first kappa shape index (κ1) is 23.0. The number of hydrogen-bond donors (Lipinski definition) is 3. The molecule has 0 aliphatic rings. The van der Waals surface area contributed by atoms with Gasteiger partial charge in [0, 0.05) is 0 Å². The Bertz CT molecular complexity index is 73.4. The van der Waals surface area contributed by atoms with Crippen molar-refractivity contribution in [2.45, 2.75) is 0 Å². The van der Waals surface area contributed by atoms with Crippen molar-refractivity contribution >= 4 is 0 Å². The number of rotatable bonds is 3. The highest BCUT2D eigenvalue weighted by atomic mass is 16.3. The second-order valence-electron chi connectivity index (χ2n) is 3.31. The average molecular weight is 200 g/mol. The molecule has 6 heteroatoms. The van der Waals surface area contributed by atoms with Crippen LogP contribution >= 0.6 is 0 Å². The van der Waals surface area contributed by atoms with Gasteiger partial charge in [-0.25, -0.2) is 0 Å². The van der Waals surface area contributed by atoms with E-state index in [-0.39, 0.29) is 24.2 Å². The number of hydrogen-bond acceptors (Lipinski definition) is 4. The lowest BCUT2D eigenvalue weighted by molar-refractivity contribution is -0.870. The van der Waals surface area contributed by atoms with Crippen LogP contribution in [0.2, 0.25) is 0 Å². The van der Waals surface area contributed by atoms with Gasteiger partial charge in [0.2, 0.25) is 0 Å². The van der Waals surface area contributed by atoms with Crippen LogP contribution in [0.25, 0.3) is 0 Å². The zero-order valence-electron chi connectivity index (χ0n) is 8.77. The third-order valence-corrected chi connectivity index (χ3v) is 0.929. The highest BCUT2D eigenvalue weighted by molar-refractivity contribution is 4.19. The number of aliphatic hydroxyl groups excluding tert-OH is 2. The number of nitrogens with zero attached hydrogens (tertiary/aromatic N) is 1. The predicted octanol–water partition coefficient (Wildman–Crippen LogP) is -2.45. The number of aliphatic hydroxyl groups is 2. The van der Waals surface area contributed by atoms with Crippen molar-refractivity contribution in [2.75, 3.05) is 47.4 Å². The van der Waals surface area contributed by atoms with Crippen LogP contribution in [0.4, 0.5) is 0 Å². The van der Waals surface area contributed by atoms with Crippen molar-refractivity contribution in [1.82, 2.24) is 0 Å². The molecule has 0 radical (unpaired) electrons. The van der Waals surface area contributed by atoms with Crippen molar-refractivity contribution in [1.29, 1.82) is 0 Å². The Morgan fingerprint density at radius 3 is 1.31 bits per heavy atom. The summed E-state index contributed by atoms with van der Waals surface area (Å²) in [5.41, 5.74) is 3.35. The molecule has 0 aliphatic heterocycles. The van der Waals surface area contributed by atoms with E-state index in [1.807, 2.05) is 0 Å². The van der Waals surface area contributed by atoms with Crippen molar-refractivity contribution in [3.63, 3.8) is 0 Å². The molecule has 0 heterocycles. The van der Waals surface area contributed by atoms with Crippen LogP contribution in [0.15, 0.2) is 0 Å². The smallest absolute Gasteiger partial charge is 0.101 e. The molecular formula is C7H24N2O4. The third-order valence-electron chi connectivity index (χ3n) is 0.929. The maximum absolute atomic E-state index is 8.39. The van der Waals surface area contributed by atoms with E-state index >= 15 is 0 Å². The SMILES string of the molecule is C[N+](C)(C)CCO.[NH3+]CCO.[OH-].[OH-]. The largest absolute Gasteiger partial charge is 0.870 e. The molecule has 0 amide bonds. The highest BCUT2D eigenvalue weighted by Gasteiger charge is 2.02. The quantitative estimate of drug-likeness (QED) is 0.437. The van der Waals surface area contributed by atoms with Crippen LogP contribution in [-0.4, -0.2) is 73.1 Å². The second-order valence-corrected chi connectivity index (χ2v) is 3.31. The van der Waals surface area contributed by atoms with Gasteiger partial charge in [0.15, 0.2) is 0 Å². The van der Waals surface area contributed by atoms with E-state index in [2.05, 4.69) is 26.9 Å².